The molecule has 1 atom stereocenters. The van der Waals surface area contributed by atoms with Crippen molar-refractivity contribution in [3.8, 4) is 17.2 Å². The van der Waals surface area contributed by atoms with Gasteiger partial charge in [-0.1, -0.05) is 42.5 Å². The lowest BCUT2D eigenvalue weighted by Gasteiger charge is -2.31. The van der Waals surface area contributed by atoms with Crippen LogP contribution in [-0.2, 0) is 11.3 Å². The third-order valence-electron chi connectivity index (χ3n) is 6.06. The molecule has 0 saturated heterocycles. The molecule has 0 fully saturated rings. The van der Waals surface area contributed by atoms with Crippen LogP contribution in [-0.4, -0.2) is 54.2 Å². The van der Waals surface area contributed by atoms with Gasteiger partial charge >= 0.3 is 0 Å². The van der Waals surface area contributed by atoms with Crippen LogP contribution in [0.15, 0.2) is 97.7 Å². The number of phenolic OH excluding ortho intramolecular Hbond substituents is 1. The topological polar surface area (TPSA) is 148 Å². The standard InChI is InChI=1S/C28H24N8O4/c1-40-25-15-21(9-12-24(25)35-18-32-33-34-35)36(28(39)23-17-29-13-14-30-23)26(20-7-10-22(37)11-8-20)27(38)31-16-19-5-3-2-4-6-19/h2-15,17-18,26,37H,16H2,1H3,(H,31,38). The number of nitrogens with one attached hydrogen (secondary N) is 1. The van der Waals surface area contributed by atoms with Crippen LogP contribution in [0.4, 0.5) is 5.69 Å². The van der Waals surface area contributed by atoms with Gasteiger partial charge in [-0.3, -0.25) is 19.5 Å². The van der Waals surface area contributed by atoms with Crippen molar-refractivity contribution >= 4 is 17.5 Å². The summed E-state index contributed by atoms with van der Waals surface area (Å²) in [6.07, 6.45) is 5.60. The number of rotatable bonds is 9. The molecular formula is C28H24N8O4. The van der Waals surface area contributed by atoms with E-state index in [1.54, 1.807) is 30.3 Å². The summed E-state index contributed by atoms with van der Waals surface area (Å²) in [6.45, 7) is 0.239. The molecule has 5 rings (SSSR count). The highest BCUT2D eigenvalue weighted by Crippen LogP contribution is 2.34. The summed E-state index contributed by atoms with van der Waals surface area (Å²) in [5, 5.41) is 24.1. The van der Waals surface area contributed by atoms with Gasteiger partial charge in [-0.05, 0) is 45.8 Å². The molecule has 200 valence electrons. The van der Waals surface area contributed by atoms with Gasteiger partial charge in [0.25, 0.3) is 5.91 Å². The Kier molecular flexibility index (Phi) is 7.67. The van der Waals surface area contributed by atoms with Gasteiger partial charge in [0.15, 0.2) is 0 Å². The number of methoxy groups -OCH3 is 1. The van der Waals surface area contributed by atoms with E-state index >= 15 is 0 Å². The molecule has 40 heavy (non-hydrogen) atoms. The van der Waals surface area contributed by atoms with Crippen molar-refractivity contribution in [1.29, 1.82) is 0 Å². The summed E-state index contributed by atoms with van der Waals surface area (Å²) in [5.41, 5.74) is 2.25. The molecule has 0 aliphatic rings. The molecule has 12 nitrogen and oxygen atoms in total. The van der Waals surface area contributed by atoms with Crippen molar-refractivity contribution in [3.05, 3.63) is 115 Å². The van der Waals surface area contributed by atoms with Crippen molar-refractivity contribution in [3.63, 3.8) is 0 Å². The lowest BCUT2D eigenvalue weighted by Crippen LogP contribution is -2.44. The molecular weight excluding hydrogens is 512 g/mol. The van der Waals surface area contributed by atoms with Crippen molar-refractivity contribution in [2.45, 2.75) is 12.6 Å². The van der Waals surface area contributed by atoms with Crippen LogP contribution in [0.3, 0.4) is 0 Å². The zero-order valence-corrected chi connectivity index (χ0v) is 21.3. The average molecular weight is 537 g/mol. The maximum Gasteiger partial charge on any atom is 0.279 e. The van der Waals surface area contributed by atoms with Gasteiger partial charge in [0, 0.05) is 30.7 Å². The van der Waals surface area contributed by atoms with Crippen LogP contribution in [0.1, 0.15) is 27.7 Å². The predicted octanol–water partition coefficient (Wildman–Crippen LogP) is 2.87. The Labute approximate surface area is 228 Å². The Morgan fingerprint density at radius 1 is 1.05 bits per heavy atom. The molecule has 0 radical (unpaired) electrons. The highest BCUT2D eigenvalue weighted by molar-refractivity contribution is 6.09. The Morgan fingerprint density at radius 2 is 1.85 bits per heavy atom. The van der Waals surface area contributed by atoms with E-state index in [0.717, 1.165) is 5.56 Å². The molecule has 0 aliphatic carbocycles. The van der Waals surface area contributed by atoms with E-state index in [1.807, 2.05) is 30.3 Å². The zero-order chi connectivity index (χ0) is 27.9. The molecule has 2 N–H and O–H groups in total. The predicted molar refractivity (Wildman–Crippen MR) is 144 cm³/mol. The minimum atomic E-state index is -1.15. The van der Waals surface area contributed by atoms with E-state index in [1.165, 1.54) is 53.7 Å². The van der Waals surface area contributed by atoms with Crippen LogP contribution in [0, 0.1) is 0 Å². The lowest BCUT2D eigenvalue weighted by molar-refractivity contribution is -0.122. The number of hydrogen-bond acceptors (Lipinski definition) is 9. The second-order valence-corrected chi connectivity index (χ2v) is 8.57. The summed E-state index contributed by atoms with van der Waals surface area (Å²) in [5.74, 6) is -0.643. The Balaban J connectivity index is 1.62. The number of amides is 2. The van der Waals surface area contributed by atoms with Crippen molar-refractivity contribution in [2.24, 2.45) is 0 Å². The fourth-order valence-corrected chi connectivity index (χ4v) is 4.15. The number of nitrogens with zero attached hydrogens (tertiary/aromatic N) is 7. The van der Waals surface area contributed by atoms with Crippen molar-refractivity contribution in [2.75, 3.05) is 12.0 Å². The van der Waals surface area contributed by atoms with Crippen LogP contribution in [0.2, 0.25) is 0 Å². The second-order valence-electron chi connectivity index (χ2n) is 8.57. The fourth-order valence-electron chi connectivity index (χ4n) is 4.15. The quantitative estimate of drug-likeness (QED) is 0.290. The van der Waals surface area contributed by atoms with Gasteiger partial charge in [0.2, 0.25) is 5.91 Å². The maximum absolute atomic E-state index is 14.0. The third-order valence-corrected chi connectivity index (χ3v) is 6.06. The monoisotopic (exact) mass is 536 g/mol. The summed E-state index contributed by atoms with van der Waals surface area (Å²) in [6, 6.07) is 19.3. The normalized spacial score (nSPS) is 11.4. The van der Waals surface area contributed by atoms with Gasteiger partial charge < -0.3 is 15.2 Å². The number of aromatic nitrogens is 6. The van der Waals surface area contributed by atoms with E-state index in [-0.39, 0.29) is 18.0 Å². The van der Waals surface area contributed by atoms with E-state index in [9.17, 15) is 14.7 Å². The van der Waals surface area contributed by atoms with Gasteiger partial charge in [0.1, 0.15) is 35.2 Å². The second kappa shape index (κ2) is 11.8. The molecule has 0 bridgehead atoms. The number of carbonyl (C=O) groups is 2. The minimum absolute atomic E-state index is 0.0199. The van der Waals surface area contributed by atoms with Crippen molar-refractivity contribution in [1.82, 2.24) is 35.5 Å². The van der Waals surface area contributed by atoms with Crippen molar-refractivity contribution < 1.29 is 19.4 Å². The smallest absolute Gasteiger partial charge is 0.279 e. The van der Waals surface area contributed by atoms with Gasteiger partial charge in [-0.15, -0.1) is 5.10 Å². The molecule has 0 spiro atoms. The Morgan fingerprint density at radius 3 is 2.52 bits per heavy atom. The fraction of sp³-hybridized carbons (Fsp3) is 0.107. The van der Waals surface area contributed by atoms with Crippen LogP contribution < -0.4 is 15.0 Å². The minimum Gasteiger partial charge on any atom is -0.508 e. The van der Waals surface area contributed by atoms with Gasteiger partial charge in [-0.25, -0.2) is 4.98 Å². The van der Waals surface area contributed by atoms with E-state index in [2.05, 4.69) is 30.8 Å². The zero-order valence-electron chi connectivity index (χ0n) is 21.3. The molecule has 12 heteroatoms. The van der Waals surface area contributed by atoms with E-state index < -0.39 is 17.9 Å². The maximum atomic E-state index is 14.0. The molecule has 0 aliphatic heterocycles. The number of benzene rings is 3. The molecule has 5 aromatic rings. The summed E-state index contributed by atoms with van der Waals surface area (Å²) >= 11 is 0. The molecule has 2 heterocycles. The first kappa shape index (κ1) is 26.0. The number of ether oxygens (including phenoxy) is 1. The number of phenols is 1. The Bertz CT molecular complexity index is 1580. The van der Waals surface area contributed by atoms with Crippen LogP contribution in [0.25, 0.3) is 5.69 Å². The van der Waals surface area contributed by atoms with Crippen LogP contribution in [0.5, 0.6) is 11.5 Å². The molecule has 3 aromatic carbocycles. The van der Waals surface area contributed by atoms with E-state index in [0.29, 0.717) is 22.7 Å². The largest absolute Gasteiger partial charge is 0.508 e. The highest BCUT2D eigenvalue weighted by Gasteiger charge is 2.34. The SMILES string of the molecule is COc1cc(N(C(=O)c2cnccn2)C(C(=O)NCc2ccccc2)c2ccc(O)cc2)ccc1-n1cnnn1. The number of anilines is 1. The summed E-state index contributed by atoms with van der Waals surface area (Å²) < 4.78 is 7.01. The van der Waals surface area contributed by atoms with Gasteiger partial charge in [0.05, 0.1) is 13.3 Å². The summed E-state index contributed by atoms with van der Waals surface area (Å²) in [4.78, 5) is 37.5. The first-order chi connectivity index (χ1) is 19.5. The molecule has 0 saturated carbocycles. The molecule has 2 aromatic heterocycles. The first-order valence-electron chi connectivity index (χ1n) is 12.2. The third kappa shape index (κ3) is 5.60. The lowest BCUT2D eigenvalue weighted by atomic mass is 10.0. The first-order valence-corrected chi connectivity index (χ1v) is 12.2. The average Bonchev–Trinajstić information content (AvgIpc) is 3.54. The van der Waals surface area contributed by atoms with E-state index in [4.69, 9.17) is 4.74 Å². The number of tetrazole rings is 1. The highest BCUT2D eigenvalue weighted by atomic mass is 16.5. The summed E-state index contributed by atoms with van der Waals surface area (Å²) in [7, 11) is 1.48. The van der Waals surface area contributed by atoms with Gasteiger partial charge in [-0.2, -0.15) is 4.68 Å². The number of carbonyl (C=O) groups excluding carboxylic acids is 2. The van der Waals surface area contributed by atoms with Crippen LogP contribution >= 0.6 is 0 Å². The molecule has 1 unspecified atom stereocenters. The molecule has 2 amide bonds. The number of aromatic hydroxyl groups is 1. The number of hydrogen-bond donors (Lipinski definition) is 2. The Hall–Kier alpha value is -5.65.